The van der Waals surface area contributed by atoms with Crippen molar-refractivity contribution in [3.05, 3.63) is 51.3 Å². The van der Waals surface area contributed by atoms with E-state index in [0.717, 1.165) is 0 Å². The number of carboxylic acid groups (broad SMARTS) is 1. The number of aryl methyl sites for hydroxylation is 2. The van der Waals surface area contributed by atoms with Crippen molar-refractivity contribution >= 4 is 11.7 Å². The predicted octanol–water partition coefficient (Wildman–Crippen LogP) is 1.69. The average Bonchev–Trinajstić information content (AvgIpc) is 2.88. The number of nitro groups is 1. The topological polar surface area (TPSA) is 111 Å². The summed E-state index contributed by atoms with van der Waals surface area (Å²) >= 11 is 0. The molecule has 0 aliphatic rings. The van der Waals surface area contributed by atoms with Crippen molar-refractivity contribution in [2.24, 2.45) is 0 Å². The lowest BCUT2D eigenvalue weighted by Crippen LogP contribution is -2.10. The van der Waals surface area contributed by atoms with Crippen LogP contribution in [0.15, 0.2) is 24.3 Å². The van der Waals surface area contributed by atoms with E-state index in [1.165, 1.54) is 10.7 Å². The fourth-order valence-corrected chi connectivity index (χ4v) is 2.16. The van der Waals surface area contributed by atoms with Crippen LogP contribution >= 0.6 is 0 Å². The number of rotatable bonds is 6. The molecule has 110 valence electrons. The number of carboxylic acids is 1. The van der Waals surface area contributed by atoms with E-state index in [1.54, 1.807) is 18.2 Å². The Bertz CT molecular complexity index is 681. The van der Waals surface area contributed by atoms with E-state index in [1.807, 2.05) is 6.92 Å². The number of hydrogen-bond acceptors (Lipinski definition) is 5. The molecule has 8 heteroatoms. The summed E-state index contributed by atoms with van der Waals surface area (Å²) in [5, 5.41) is 27.4. The molecular formula is C13H14N4O4. The average molecular weight is 290 g/mol. The van der Waals surface area contributed by atoms with Gasteiger partial charge in [-0.2, -0.15) is 0 Å². The van der Waals surface area contributed by atoms with Crippen molar-refractivity contribution in [2.45, 2.75) is 26.3 Å². The predicted molar refractivity (Wildman–Crippen MR) is 73.2 cm³/mol. The summed E-state index contributed by atoms with van der Waals surface area (Å²) < 4.78 is 1.49. The van der Waals surface area contributed by atoms with Gasteiger partial charge < -0.3 is 5.11 Å². The maximum absolute atomic E-state index is 11.0. The molecule has 8 nitrogen and oxygen atoms in total. The number of nitro benzene ring substituents is 1. The maximum atomic E-state index is 11.0. The number of carbonyl (C=O) groups is 1. The van der Waals surface area contributed by atoms with E-state index < -0.39 is 10.9 Å². The Morgan fingerprint density at radius 3 is 2.76 bits per heavy atom. The van der Waals surface area contributed by atoms with Gasteiger partial charge in [0.05, 0.1) is 10.6 Å². The second kappa shape index (κ2) is 6.12. The molecule has 0 saturated carbocycles. The van der Waals surface area contributed by atoms with E-state index >= 15 is 0 Å². The van der Waals surface area contributed by atoms with Crippen LogP contribution in [0, 0.1) is 10.1 Å². The van der Waals surface area contributed by atoms with E-state index in [4.69, 9.17) is 5.11 Å². The van der Waals surface area contributed by atoms with E-state index in [2.05, 4.69) is 10.3 Å². The third-order valence-electron chi connectivity index (χ3n) is 3.16. The van der Waals surface area contributed by atoms with Crippen molar-refractivity contribution in [3.63, 3.8) is 0 Å². The molecule has 1 aromatic carbocycles. The van der Waals surface area contributed by atoms with Gasteiger partial charge in [-0.05, 0) is 12.8 Å². The zero-order valence-corrected chi connectivity index (χ0v) is 11.4. The number of aromatic carboxylic acids is 1. The van der Waals surface area contributed by atoms with Crippen LogP contribution in [0.3, 0.4) is 0 Å². The molecule has 1 heterocycles. The third kappa shape index (κ3) is 3.04. The first-order valence-electron chi connectivity index (χ1n) is 6.42. The van der Waals surface area contributed by atoms with Crippen LogP contribution in [0.2, 0.25) is 0 Å². The Kier molecular flexibility index (Phi) is 4.27. The normalized spacial score (nSPS) is 10.5. The Labute approximate surface area is 120 Å². The standard InChI is InChI=1S/C13H14N4O4/c1-2-10-12(13(18)19)14-15-16(10)8-7-9-5-3-4-6-11(9)17(20)21/h3-6H,2,7-8H2,1H3,(H,18,19). The SMILES string of the molecule is CCc1c(C(=O)O)nnn1CCc1ccccc1[N+](=O)[O-]. The Hall–Kier alpha value is -2.77. The number of para-hydroxylation sites is 1. The lowest BCUT2D eigenvalue weighted by atomic mass is 10.1. The fourth-order valence-electron chi connectivity index (χ4n) is 2.16. The zero-order valence-electron chi connectivity index (χ0n) is 11.4. The van der Waals surface area contributed by atoms with Gasteiger partial charge in [0.1, 0.15) is 0 Å². The Morgan fingerprint density at radius 1 is 1.43 bits per heavy atom. The van der Waals surface area contributed by atoms with E-state index in [9.17, 15) is 14.9 Å². The van der Waals surface area contributed by atoms with Crippen molar-refractivity contribution in [1.29, 1.82) is 0 Å². The lowest BCUT2D eigenvalue weighted by molar-refractivity contribution is -0.385. The van der Waals surface area contributed by atoms with Gasteiger partial charge >= 0.3 is 5.97 Å². The molecule has 0 bridgehead atoms. The molecule has 1 aromatic heterocycles. The Morgan fingerprint density at radius 2 is 2.14 bits per heavy atom. The highest BCUT2D eigenvalue weighted by atomic mass is 16.6. The fraction of sp³-hybridized carbons (Fsp3) is 0.308. The summed E-state index contributed by atoms with van der Waals surface area (Å²) in [6, 6.07) is 6.46. The minimum Gasteiger partial charge on any atom is -0.476 e. The molecule has 1 N–H and O–H groups in total. The van der Waals surface area contributed by atoms with Gasteiger partial charge in [-0.25, -0.2) is 9.48 Å². The molecule has 2 rings (SSSR count). The molecule has 2 aromatic rings. The van der Waals surface area contributed by atoms with Gasteiger partial charge in [0, 0.05) is 18.2 Å². The number of benzene rings is 1. The van der Waals surface area contributed by atoms with Crippen LogP contribution in [-0.2, 0) is 19.4 Å². The molecule has 0 radical (unpaired) electrons. The van der Waals surface area contributed by atoms with Crippen LogP contribution < -0.4 is 0 Å². The highest BCUT2D eigenvalue weighted by Gasteiger charge is 2.18. The van der Waals surface area contributed by atoms with Gasteiger partial charge in [0.15, 0.2) is 5.69 Å². The lowest BCUT2D eigenvalue weighted by Gasteiger charge is -2.06. The molecule has 0 unspecified atom stereocenters. The van der Waals surface area contributed by atoms with E-state index in [0.29, 0.717) is 30.6 Å². The van der Waals surface area contributed by atoms with Gasteiger partial charge in [-0.3, -0.25) is 10.1 Å². The molecular weight excluding hydrogens is 276 g/mol. The first kappa shape index (κ1) is 14.6. The second-order valence-corrected chi connectivity index (χ2v) is 4.40. The summed E-state index contributed by atoms with van der Waals surface area (Å²) in [6.45, 7) is 2.15. The summed E-state index contributed by atoms with van der Waals surface area (Å²) in [5.74, 6) is -1.12. The molecule has 0 fully saturated rings. The largest absolute Gasteiger partial charge is 0.476 e. The molecule has 0 atom stereocenters. The van der Waals surface area contributed by atoms with Gasteiger partial charge in [0.25, 0.3) is 5.69 Å². The molecule has 0 saturated heterocycles. The molecule has 0 spiro atoms. The van der Waals surface area contributed by atoms with Crippen molar-refractivity contribution in [2.75, 3.05) is 0 Å². The monoisotopic (exact) mass is 290 g/mol. The quantitative estimate of drug-likeness (QED) is 0.640. The van der Waals surface area contributed by atoms with Crippen LogP contribution in [0.1, 0.15) is 28.7 Å². The van der Waals surface area contributed by atoms with E-state index in [-0.39, 0.29) is 11.4 Å². The van der Waals surface area contributed by atoms with Crippen molar-refractivity contribution in [1.82, 2.24) is 15.0 Å². The van der Waals surface area contributed by atoms with Gasteiger partial charge in [-0.15, -0.1) is 5.10 Å². The molecule has 0 amide bonds. The smallest absolute Gasteiger partial charge is 0.358 e. The number of nitrogens with zero attached hydrogens (tertiary/aromatic N) is 4. The summed E-state index contributed by atoms with van der Waals surface area (Å²) in [7, 11) is 0. The molecule has 0 aliphatic carbocycles. The zero-order chi connectivity index (χ0) is 15.4. The van der Waals surface area contributed by atoms with Crippen LogP contribution in [0.5, 0.6) is 0 Å². The molecule has 21 heavy (non-hydrogen) atoms. The summed E-state index contributed by atoms with van der Waals surface area (Å²) in [4.78, 5) is 21.5. The first-order chi connectivity index (χ1) is 10.0. The summed E-state index contributed by atoms with van der Waals surface area (Å²) in [6.07, 6.45) is 0.859. The number of hydrogen-bond donors (Lipinski definition) is 1. The van der Waals surface area contributed by atoms with Gasteiger partial charge in [-0.1, -0.05) is 30.3 Å². The molecule has 0 aliphatic heterocycles. The van der Waals surface area contributed by atoms with Crippen molar-refractivity contribution < 1.29 is 14.8 Å². The first-order valence-corrected chi connectivity index (χ1v) is 6.42. The van der Waals surface area contributed by atoms with Crippen molar-refractivity contribution in [3.8, 4) is 0 Å². The van der Waals surface area contributed by atoms with Crippen LogP contribution in [0.4, 0.5) is 5.69 Å². The minimum atomic E-state index is -1.12. The second-order valence-electron chi connectivity index (χ2n) is 4.40. The highest BCUT2D eigenvalue weighted by molar-refractivity contribution is 5.86. The van der Waals surface area contributed by atoms with Crippen LogP contribution in [-0.4, -0.2) is 31.0 Å². The maximum Gasteiger partial charge on any atom is 0.358 e. The highest BCUT2D eigenvalue weighted by Crippen LogP contribution is 2.19. The minimum absolute atomic E-state index is 0.0501. The number of aromatic nitrogens is 3. The summed E-state index contributed by atoms with van der Waals surface area (Å²) in [5.41, 5.74) is 1.08. The van der Waals surface area contributed by atoms with Gasteiger partial charge in [0.2, 0.25) is 0 Å². The third-order valence-corrected chi connectivity index (χ3v) is 3.16. The van der Waals surface area contributed by atoms with Crippen LogP contribution in [0.25, 0.3) is 0 Å². The Balaban J connectivity index is 2.21.